The molecule has 0 spiro atoms. The van der Waals surface area contributed by atoms with E-state index < -0.39 is 0 Å². The van der Waals surface area contributed by atoms with E-state index in [2.05, 4.69) is 15.6 Å². The molecule has 1 fully saturated rings. The lowest BCUT2D eigenvalue weighted by molar-refractivity contribution is -0.116. The third-order valence-corrected chi connectivity index (χ3v) is 4.79. The van der Waals surface area contributed by atoms with E-state index in [-0.39, 0.29) is 11.9 Å². The van der Waals surface area contributed by atoms with Crippen molar-refractivity contribution in [1.29, 1.82) is 0 Å². The van der Waals surface area contributed by atoms with Gasteiger partial charge in [-0.15, -0.1) is 11.3 Å². The number of ether oxygens (including phenoxy) is 2. The van der Waals surface area contributed by atoms with E-state index in [4.69, 9.17) is 9.47 Å². The first-order chi connectivity index (χ1) is 11.7. The van der Waals surface area contributed by atoms with Crippen molar-refractivity contribution >= 4 is 22.4 Å². The highest BCUT2D eigenvalue weighted by molar-refractivity contribution is 7.14. The predicted molar refractivity (Wildman–Crippen MR) is 94.9 cm³/mol. The van der Waals surface area contributed by atoms with Crippen LogP contribution in [-0.2, 0) is 4.79 Å². The van der Waals surface area contributed by atoms with Gasteiger partial charge in [0.2, 0.25) is 5.91 Å². The van der Waals surface area contributed by atoms with E-state index in [1.165, 1.54) is 11.3 Å². The van der Waals surface area contributed by atoms with Gasteiger partial charge in [0.1, 0.15) is 11.5 Å². The van der Waals surface area contributed by atoms with Gasteiger partial charge in [0, 0.05) is 23.4 Å². The van der Waals surface area contributed by atoms with Gasteiger partial charge in [0.25, 0.3) is 0 Å². The van der Waals surface area contributed by atoms with Gasteiger partial charge in [0.15, 0.2) is 5.13 Å². The number of hydrogen-bond acceptors (Lipinski definition) is 6. The summed E-state index contributed by atoms with van der Waals surface area (Å²) >= 11 is 1.40. The van der Waals surface area contributed by atoms with E-state index in [0.717, 1.165) is 36.4 Å². The van der Waals surface area contributed by atoms with Crippen LogP contribution in [-0.4, -0.2) is 37.7 Å². The fourth-order valence-corrected chi connectivity index (χ4v) is 3.52. The molecular weight excluding hydrogens is 326 g/mol. The number of methoxy groups -OCH3 is 2. The molecule has 1 amide bonds. The molecular formula is C17H21N3O3S. The Balaban J connectivity index is 1.72. The van der Waals surface area contributed by atoms with Gasteiger partial charge in [-0.25, -0.2) is 4.98 Å². The van der Waals surface area contributed by atoms with Crippen molar-refractivity contribution in [2.45, 2.75) is 25.3 Å². The fraction of sp³-hybridized carbons (Fsp3) is 0.412. The Morgan fingerprint density at radius 1 is 1.42 bits per heavy atom. The molecule has 1 unspecified atom stereocenters. The van der Waals surface area contributed by atoms with Crippen molar-refractivity contribution < 1.29 is 14.3 Å². The third kappa shape index (κ3) is 3.85. The number of amides is 1. The van der Waals surface area contributed by atoms with Crippen molar-refractivity contribution in [3.8, 4) is 22.8 Å². The Morgan fingerprint density at radius 2 is 2.29 bits per heavy atom. The van der Waals surface area contributed by atoms with E-state index >= 15 is 0 Å². The number of rotatable bonds is 6. The molecule has 0 bridgehead atoms. The Hall–Kier alpha value is -2.12. The van der Waals surface area contributed by atoms with Crippen molar-refractivity contribution in [3.05, 3.63) is 23.6 Å². The lowest BCUT2D eigenvalue weighted by Gasteiger charge is -2.09. The van der Waals surface area contributed by atoms with Gasteiger partial charge >= 0.3 is 0 Å². The summed E-state index contributed by atoms with van der Waals surface area (Å²) in [5.41, 5.74) is 1.59. The molecule has 0 saturated carbocycles. The van der Waals surface area contributed by atoms with Crippen LogP contribution < -0.4 is 20.1 Å². The first kappa shape index (κ1) is 16.7. The molecule has 1 aliphatic heterocycles. The minimum Gasteiger partial charge on any atom is -0.497 e. The summed E-state index contributed by atoms with van der Waals surface area (Å²) in [5, 5.41) is 8.70. The highest BCUT2D eigenvalue weighted by Crippen LogP contribution is 2.35. The summed E-state index contributed by atoms with van der Waals surface area (Å²) in [5.74, 6) is 1.44. The largest absolute Gasteiger partial charge is 0.497 e. The summed E-state index contributed by atoms with van der Waals surface area (Å²) in [4.78, 5) is 16.6. The molecule has 1 aromatic carbocycles. The summed E-state index contributed by atoms with van der Waals surface area (Å²) in [6.45, 7) is 0.995. The van der Waals surface area contributed by atoms with E-state index in [0.29, 0.717) is 17.3 Å². The zero-order chi connectivity index (χ0) is 16.9. The number of thiazole rings is 1. The number of carbonyl (C=O) groups excluding carboxylic acids is 1. The van der Waals surface area contributed by atoms with Gasteiger partial charge in [-0.3, -0.25) is 4.79 Å². The summed E-state index contributed by atoms with van der Waals surface area (Å²) in [7, 11) is 3.24. The summed E-state index contributed by atoms with van der Waals surface area (Å²) < 4.78 is 10.7. The maximum Gasteiger partial charge on any atom is 0.227 e. The first-order valence-corrected chi connectivity index (χ1v) is 8.78. The van der Waals surface area contributed by atoms with Crippen LogP contribution in [0.3, 0.4) is 0 Å². The molecule has 1 aliphatic rings. The Bertz CT molecular complexity index is 711. The van der Waals surface area contributed by atoms with Gasteiger partial charge in [-0.1, -0.05) is 0 Å². The number of benzene rings is 1. The van der Waals surface area contributed by atoms with Gasteiger partial charge in [-0.05, 0) is 37.6 Å². The Morgan fingerprint density at radius 3 is 3.00 bits per heavy atom. The molecule has 24 heavy (non-hydrogen) atoms. The van der Waals surface area contributed by atoms with Gasteiger partial charge in [-0.2, -0.15) is 0 Å². The quantitative estimate of drug-likeness (QED) is 0.841. The van der Waals surface area contributed by atoms with Crippen LogP contribution in [0.25, 0.3) is 11.3 Å². The number of carbonyl (C=O) groups is 1. The molecule has 1 atom stereocenters. The minimum atomic E-state index is -0.00657. The summed E-state index contributed by atoms with van der Waals surface area (Å²) in [6, 6.07) is 5.84. The topological polar surface area (TPSA) is 72.5 Å². The molecule has 1 aromatic heterocycles. The molecule has 1 saturated heterocycles. The van der Waals surface area contributed by atoms with Crippen LogP contribution in [0.15, 0.2) is 23.6 Å². The lowest BCUT2D eigenvalue weighted by Crippen LogP contribution is -2.27. The van der Waals surface area contributed by atoms with Crippen LogP contribution in [0.1, 0.15) is 19.3 Å². The zero-order valence-corrected chi connectivity index (χ0v) is 14.6. The second kappa shape index (κ2) is 7.63. The Labute approximate surface area is 145 Å². The smallest absolute Gasteiger partial charge is 0.227 e. The number of nitrogens with zero attached hydrogens (tertiary/aromatic N) is 1. The zero-order valence-electron chi connectivity index (χ0n) is 13.8. The molecule has 2 heterocycles. The average molecular weight is 347 g/mol. The number of hydrogen-bond donors (Lipinski definition) is 2. The van der Waals surface area contributed by atoms with E-state index in [1.807, 2.05) is 23.6 Å². The highest BCUT2D eigenvalue weighted by atomic mass is 32.1. The van der Waals surface area contributed by atoms with Crippen LogP contribution in [0.2, 0.25) is 0 Å². The molecule has 0 aliphatic carbocycles. The molecule has 6 nitrogen and oxygen atoms in total. The van der Waals surface area contributed by atoms with Crippen molar-refractivity contribution in [2.24, 2.45) is 0 Å². The van der Waals surface area contributed by atoms with Crippen molar-refractivity contribution in [3.63, 3.8) is 0 Å². The van der Waals surface area contributed by atoms with Crippen LogP contribution in [0.4, 0.5) is 5.13 Å². The van der Waals surface area contributed by atoms with Crippen LogP contribution in [0.5, 0.6) is 11.5 Å². The monoisotopic (exact) mass is 347 g/mol. The standard InChI is InChI=1S/C17H21N3O3S/c1-22-12-5-6-15(23-2)13(9-12)14-10-24-17(19-14)20-16(21)8-11-4-3-7-18-11/h5-6,9-11,18H,3-4,7-8H2,1-2H3,(H,19,20,21). The number of nitrogens with one attached hydrogen (secondary N) is 2. The van der Waals surface area contributed by atoms with Crippen LogP contribution in [0, 0.1) is 0 Å². The summed E-state index contributed by atoms with van der Waals surface area (Å²) in [6.07, 6.45) is 2.67. The average Bonchev–Trinajstić information content (AvgIpc) is 3.26. The SMILES string of the molecule is COc1ccc(OC)c(-c2csc(NC(=O)CC3CCCN3)n2)c1. The van der Waals surface area contributed by atoms with Crippen molar-refractivity contribution in [1.82, 2.24) is 10.3 Å². The van der Waals surface area contributed by atoms with Gasteiger partial charge < -0.3 is 20.1 Å². The van der Waals surface area contributed by atoms with E-state index in [9.17, 15) is 4.79 Å². The number of anilines is 1. The lowest BCUT2D eigenvalue weighted by atomic mass is 10.1. The van der Waals surface area contributed by atoms with Crippen molar-refractivity contribution in [2.75, 3.05) is 26.1 Å². The van der Waals surface area contributed by atoms with Crippen LogP contribution >= 0.6 is 11.3 Å². The number of aromatic nitrogens is 1. The maximum absolute atomic E-state index is 12.1. The minimum absolute atomic E-state index is 0.00657. The third-order valence-electron chi connectivity index (χ3n) is 4.03. The first-order valence-electron chi connectivity index (χ1n) is 7.90. The maximum atomic E-state index is 12.1. The predicted octanol–water partition coefficient (Wildman–Crippen LogP) is 2.91. The highest BCUT2D eigenvalue weighted by Gasteiger charge is 2.19. The van der Waals surface area contributed by atoms with Gasteiger partial charge in [0.05, 0.1) is 19.9 Å². The molecule has 128 valence electrons. The molecule has 3 rings (SSSR count). The molecule has 0 radical (unpaired) electrons. The second-order valence-corrected chi connectivity index (χ2v) is 6.51. The second-order valence-electron chi connectivity index (χ2n) is 5.65. The normalized spacial score (nSPS) is 16.8. The molecule has 7 heteroatoms. The molecule has 2 N–H and O–H groups in total. The fourth-order valence-electron chi connectivity index (χ4n) is 2.79. The molecule has 2 aromatic rings. The Kier molecular flexibility index (Phi) is 5.32. The van der Waals surface area contributed by atoms with E-state index in [1.54, 1.807) is 14.2 Å².